The lowest BCUT2D eigenvalue weighted by molar-refractivity contribution is 0.0270. The number of nitrogens with zero attached hydrogens (tertiary/aromatic N) is 1. The fourth-order valence-electron chi connectivity index (χ4n) is 2.34. The van der Waals surface area contributed by atoms with Crippen LogP contribution in [0.15, 0.2) is 24.3 Å². The molecule has 0 fully saturated rings. The highest BCUT2D eigenvalue weighted by Crippen LogP contribution is 2.26. The van der Waals surface area contributed by atoms with Gasteiger partial charge in [0.05, 0.1) is 5.56 Å². The van der Waals surface area contributed by atoms with Crippen LogP contribution in [0.3, 0.4) is 0 Å². The molecule has 0 aromatic heterocycles. The average Bonchev–Trinajstić information content (AvgIpc) is 2.45. The van der Waals surface area contributed by atoms with Crippen LogP contribution >= 0.6 is 0 Å². The fourth-order valence-corrected chi connectivity index (χ4v) is 2.34. The van der Waals surface area contributed by atoms with Gasteiger partial charge in [-0.15, -0.1) is 0 Å². The Morgan fingerprint density at radius 2 is 2.09 bits per heavy atom. The molecule has 0 unspecified atom stereocenters. The van der Waals surface area contributed by atoms with E-state index in [0.717, 1.165) is 5.57 Å². The van der Waals surface area contributed by atoms with Gasteiger partial charge in [0.15, 0.2) is 6.29 Å². The van der Waals surface area contributed by atoms with Crippen molar-refractivity contribution < 1.29 is 18.7 Å². The molecule has 118 valence electrons. The highest BCUT2D eigenvalue weighted by atomic mass is 19.1. The van der Waals surface area contributed by atoms with Gasteiger partial charge in [0.2, 0.25) is 0 Å². The first-order valence-corrected chi connectivity index (χ1v) is 7.23. The van der Waals surface area contributed by atoms with E-state index >= 15 is 0 Å². The number of carbonyl (C=O) groups is 2. The van der Waals surface area contributed by atoms with E-state index in [1.165, 1.54) is 6.07 Å². The van der Waals surface area contributed by atoms with E-state index < -0.39 is 11.4 Å². The second-order valence-corrected chi connectivity index (χ2v) is 6.22. The third kappa shape index (κ3) is 3.72. The van der Waals surface area contributed by atoms with Crippen LogP contribution in [0.1, 0.15) is 43.1 Å². The average molecular weight is 305 g/mol. The molecule has 0 spiro atoms. The highest BCUT2D eigenvalue weighted by molar-refractivity contribution is 5.86. The molecule has 5 heteroatoms. The van der Waals surface area contributed by atoms with Crippen LogP contribution in [0.5, 0.6) is 0 Å². The normalized spacial score (nSPS) is 15.3. The molecule has 0 atom stereocenters. The molecule has 2 rings (SSSR count). The first kappa shape index (κ1) is 16.2. The van der Waals surface area contributed by atoms with Gasteiger partial charge in [-0.25, -0.2) is 9.18 Å². The Hall–Kier alpha value is -2.17. The molecule has 0 N–H and O–H groups in total. The van der Waals surface area contributed by atoms with Gasteiger partial charge in [0.25, 0.3) is 0 Å². The summed E-state index contributed by atoms with van der Waals surface area (Å²) < 4.78 is 19.0. The van der Waals surface area contributed by atoms with Crippen LogP contribution in [-0.2, 0) is 4.74 Å². The molecule has 0 aliphatic carbocycles. The third-order valence-corrected chi connectivity index (χ3v) is 3.38. The topological polar surface area (TPSA) is 46.6 Å². The predicted molar refractivity (Wildman–Crippen MR) is 82.2 cm³/mol. The van der Waals surface area contributed by atoms with E-state index in [4.69, 9.17) is 4.74 Å². The van der Waals surface area contributed by atoms with Gasteiger partial charge < -0.3 is 9.64 Å². The lowest BCUT2D eigenvalue weighted by Gasteiger charge is -2.29. The van der Waals surface area contributed by atoms with E-state index in [0.29, 0.717) is 31.4 Å². The Balaban J connectivity index is 2.14. The van der Waals surface area contributed by atoms with Crippen molar-refractivity contribution in [2.45, 2.75) is 32.8 Å². The zero-order valence-electron chi connectivity index (χ0n) is 13.1. The monoisotopic (exact) mass is 305 g/mol. The van der Waals surface area contributed by atoms with E-state index in [9.17, 15) is 14.0 Å². The number of hydrogen-bond donors (Lipinski definition) is 0. The van der Waals surface area contributed by atoms with E-state index in [-0.39, 0.29) is 11.7 Å². The van der Waals surface area contributed by atoms with Crippen molar-refractivity contribution in [3.8, 4) is 0 Å². The smallest absolute Gasteiger partial charge is 0.410 e. The van der Waals surface area contributed by atoms with Gasteiger partial charge in [0.1, 0.15) is 11.4 Å². The number of rotatable bonds is 2. The van der Waals surface area contributed by atoms with E-state index in [1.807, 2.05) is 26.8 Å². The maximum absolute atomic E-state index is 13.7. The Kier molecular flexibility index (Phi) is 4.64. The molecule has 1 aromatic carbocycles. The minimum absolute atomic E-state index is 0.0690. The number of benzene rings is 1. The summed E-state index contributed by atoms with van der Waals surface area (Å²) in [5, 5.41) is 0. The summed E-state index contributed by atoms with van der Waals surface area (Å²) in [7, 11) is 0. The van der Waals surface area contributed by atoms with Crippen LogP contribution in [0.2, 0.25) is 0 Å². The van der Waals surface area contributed by atoms with Gasteiger partial charge >= 0.3 is 6.09 Å². The van der Waals surface area contributed by atoms with Crippen LogP contribution in [0.4, 0.5) is 9.18 Å². The first-order chi connectivity index (χ1) is 10.3. The van der Waals surface area contributed by atoms with Crippen LogP contribution in [-0.4, -0.2) is 36.0 Å². The summed E-state index contributed by atoms with van der Waals surface area (Å²) in [5.74, 6) is -0.525. The Bertz CT molecular complexity index is 617. The molecule has 1 aliphatic heterocycles. The summed E-state index contributed by atoms with van der Waals surface area (Å²) >= 11 is 0. The summed E-state index contributed by atoms with van der Waals surface area (Å²) in [4.78, 5) is 24.7. The molecule has 1 amide bonds. The van der Waals surface area contributed by atoms with E-state index in [1.54, 1.807) is 17.0 Å². The minimum atomic E-state index is -0.533. The molecule has 4 nitrogen and oxygen atoms in total. The Labute approximate surface area is 129 Å². The van der Waals surface area contributed by atoms with Crippen molar-refractivity contribution in [2.24, 2.45) is 0 Å². The second-order valence-electron chi connectivity index (χ2n) is 6.22. The lowest BCUT2D eigenvalue weighted by Crippen LogP contribution is -2.39. The van der Waals surface area contributed by atoms with Gasteiger partial charge in [-0.2, -0.15) is 0 Å². The van der Waals surface area contributed by atoms with Crippen LogP contribution in [0.25, 0.3) is 5.57 Å². The molecule has 1 aromatic rings. The van der Waals surface area contributed by atoms with E-state index in [2.05, 4.69) is 0 Å². The summed E-state index contributed by atoms with van der Waals surface area (Å²) in [6.45, 7) is 6.33. The number of amides is 1. The standard InChI is InChI=1S/C17H20FNO3/c1-17(2,3)22-16(21)19-9-7-12(8-10-19)13-5-4-6-15(18)14(13)11-20/h4-7,11H,8-10H2,1-3H3. The maximum Gasteiger partial charge on any atom is 0.410 e. The van der Waals surface area contributed by atoms with Crippen molar-refractivity contribution in [1.82, 2.24) is 4.90 Å². The third-order valence-electron chi connectivity index (χ3n) is 3.38. The van der Waals surface area contributed by atoms with Gasteiger partial charge in [-0.1, -0.05) is 18.2 Å². The quantitative estimate of drug-likeness (QED) is 0.783. The van der Waals surface area contributed by atoms with Gasteiger partial charge in [0, 0.05) is 13.1 Å². The molecular weight excluding hydrogens is 285 g/mol. The molecular formula is C17H20FNO3. The van der Waals surface area contributed by atoms with Crippen LogP contribution in [0, 0.1) is 5.82 Å². The van der Waals surface area contributed by atoms with Crippen molar-refractivity contribution in [1.29, 1.82) is 0 Å². The van der Waals surface area contributed by atoms with Gasteiger partial charge in [-0.05, 0) is 44.4 Å². The largest absolute Gasteiger partial charge is 0.444 e. The number of carbonyl (C=O) groups excluding carboxylic acids is 2. The lowest BCUT2D eigenvalue weighted by atomic mass is 9.95. The van der Waals surface area contributed by atoms with Crippen molar-refractivity contribution in [3.05, 3.63) is 41.2 Å². The highest BCUT2D eigenvalue weighted by Gasteiger charge is 2.24. The molecule has 1 aliphatic rings. The molecule has 22 heavy (non-hydrogen) atoms. The molecule has 0 bridgehead atoms. The minimum Gasteiger partial charge on any atom is -0.444 e. The van der Waals surface area contributed by atoms with Crippen molar-refractivity contribution >= 4 is 18.0 Å². The second kappa shape index (κ2) is 6.30. The number of halogens is 1. The predicted octanol–water partition coefficient (Wildman–Crippen LogP) is 3.66. The zero-order valence-corrected chi connectivity index (χ0v) is 13.1. The van der Waals surface area contributed by atoms with Crippen molar-refractivity contribution in [2.75, 3.05) is 13.1 Å². The molecule has 0 saturated carbocycles. The first-order valence-electron chi connectivity index (χ1n) is 7.23. The number of aldehydes is 1. The molecule has 0 radical (unpaired) electrons. The fraction of sp³-hybridized carbons (Fsp3) is 0.412. The number of ether oxygens (including phenoxy) is 1. The summed E-state index contributed by atoms with van der Waals surface area (Å²) in [6.07, 6.45) is 2.57. The summed E-state index contributed by atoms with van der Waals surface area (Å²) in [5.41, 5.74) is 1.01. The SMILES string of the molecule is CC(C)(C)OC(=O)N1CC=C(c2cccc(F)c2C=O)CC1. The Morgan fingerprint density at radius 3 is 2.64 bits per heavy atom. The van der Waals surface area contributed by atoms with Gasteiger partial charge in [-0.3, -0.25) is 4.79 Å². The maximum atomic E-state index is 13.7. The summed E-state index contributed by atoms with van der Waals surface area (Å²) in [6, 6.07) is 4.57. The number of hydrogen-bond acceptors (Lipinski definition) is 3. The van der Waals surface area contributed by atoms with Crippen LogP contribution < -0.4 is 0 Å². The van der Waals surface area contributed by atoms with Crippen molar-refractivity contribution in [3.63, 3.8) is 0 Å². The zero-order chi connectivity index (χ0) is 16.3. The molecule has 1 heterocycles. The molecule has 0 saturated heterocycles. The Morgan fingerprint density at radius 1 is 1.36 bits per heavy atom.